The van der Waals surface area contributed by atoms with Crippen molar-refractivity contribution >= 4 is 5.91 Å². The Bertz CT molecular complexity index is 535. The predicted octanol–water partition coefficient (Wildman–Crippen LogP) is 1.77. The van der Waals surface area contributed by atoms with Gasteiger partial charge in [-0.3, -0.25) is 9.69 Å². The van der Waals surface area contributed by atoms with Crippen molar-refractivity contribution in [2.45, 2.75) is 32.2 Å². The molecular weight excluding hydrogens is 314 g/mol. The highest BCUT2D eigenvalue weighted by Crippen LogP contribution is 2.29. The van der Waals surface area contributed by atoms with E-state index >= 15 is 0 Å². The standard InChI is InChI=1S/C20H31N3O2/c21-16-20(8-12-25-13-9-20)19(24)22-14-17-6-10-23(11-7-17)15-18-4-2-1-3-5-18/h1-5,17H,6-16,21H2,(H,22,24). The highest BCUT2D eigenvalue weighted by Gasteiger charge is 2.38. The third kappa shape index (κ3) is 4.81. The van der Waals surface area contributed by atoms with E-state index in [4.69, 9.17) is 10.5 Å². The molecule has 0 atom stereocenters. The van der Waals surface area contributed by atoms with Gasteiger partial charge in [0, 0.05) is 32.8 Å². The van der Waals surface area contributed by atoms with Crippen molar-refractivity contribution in [3.05, 3.63) is 35.9 Å². The highest BCUT2D eigenvalue weighted by molar-refractivity contribution is 5.83. The van der Waals surface area contributed by atoms with Crippen LogP contribution in [0.15, 0.2) is 30.3 Å². The fourth-order valence-corrected chi connectivity index (χ4v) is 3.90. The molecule has 2 heterocycles. The molecule has 0 radical (unpaired) electrons. The van der Waals surface area contributed by atoms with Crippen molar-refractivity contribution in [2.24, 2.45) is 17.1 Å². The lowest BCUT2D eigenvalue weighted by Crippen LogP contribution is -2.50. The van der Waals surface area contributed by atoms with Crippen LogP contribution < -0.4 is 11.1 Å². The quantitative estimate of drug-likeness (QED) is 0.825. The molecule has 0 unspecified atom stereocenters. The topological polar surface area (TPSA) is 67.6 Å². The minimum atomic E-state index is -0.410. The summed E-state index contributed by atoms with van der Waals surface area (Å²) in [6, 6.07) is 10.6. The van der Waals surface area contributed by atoms with Crippen LogP contribution in [0.1, 0.15) is 31.2 Å². The van der Waals surface area contributed by atoms with Gasteiger partial charge < -0.3 is 15.8 Å². The number of carbonyl (C=O) groups excluding carboxylic acids is 1. The van der Waals surface area contributed by atoms with Crippen LogP contribution >= 0.6 is 0 Å². The Morgan fingerprint density at radius 1 is 1.20 bits per heavy atom. The van der Waals surface area contributed by atoms with Crippen LogP contribution in [-0.2, 0) is 16.1 Å². The van der Waals surface area contributed by atoms with Crippen molar-refractivity contribution < 1.29 is 9.53 Å². The molecule has 0 saturated carbocycles. The number of piperidine rings is 1. The Hall–Kier alpha value is -1.43. The number of rotatable bonds is 6. The lowest BCUT2D eigenvalue weighted by atomic mass is 9.79. The fourth-order valence-electron chi connectivity index (χ4n) is 3.90. The Kier molecular flexibility index (Phi) is 6.45. The Balaban J connectivity index is 1.41. The van der Waals surface area contributed by atoms with Gasteiger partial charge in [-0.15, -0.1) is 0 Å². The first-order valence-electron chi connectivity index (χ1n) is 9.54. The molecule has 5 nitrogen and oxygen atoms in total. The maximum Gasteiger partial charge on any atom is 0.227 e. The smallest absolute Gasteiger partial charge is 0.227 e. The minimum Gasteiger partial charge on any atom is -0.381 e. The first-order chi connectivity index (χ1) is 12.2. The van der Waals surface area contributed by atoms with Gasteiger partial charge in [0.05, 0.1) is 5.41 Å². The van der Waals surface area contributed by atoms with Crippen LogP contribution in [0.3, 0.4) is 0 Å². The monoisotopic (exact) mass is 345 g/mol. The van der Waals surface area contributed by atoms with Gasteiger partial charge in [0.15, 0.2) is 0 Å². The maximum absolute atomic E-state index is 12.6. The Labute approximate surface area is 150 Å². The summed E-state index contributed by atoms with van der Waals surface area (Å²) in [6.45, 7) is 5.70. The van der Waals surface area contributed by atoms with Gasteiger partial charge >= 0.3 is 0 Å². The normalized spacial score (nSPS) is 21.8. The molecule has 3 rings (SSSR count). The lowest BCUT2D eigenvalue weighted by molar-refractivity contribution is -0.136. The predicted molar refractivity (Wildman–Crippen MR) is 99.0 cm³/mol. The highest BCUT2D eigenvalue weighted by atomic mass is 16.5. The van der Waals surface area contributed by atoms with Crippen molar-refractivity contribution in [3.63, 3.8) is 0 Å². The molecule has 0 spiro atoms. The van der Waals surface area contributed by atoms with Crippen LogP contribution in [-0.4, -0.2) is 50.2 Å². The minimum absolute atomic E-state index is 0.130. The summed E-state index contributed by atoms with van der Waals surface area (Å²) < 4.78 is 5.39. The van der Waals surface area contributed by atoms with Crippen molar-refractivity contribution in [1.29, 1.82) is 0 Å². The molecule has 1 amide bonds. The molecule has 3 N–H and O–H groups in total. The number of hydrogen-bond acceptors (Lipinski definition) is 4. The van der Waals surface area contributed by atoms with E-state index in [9.17, 15) is 4.79 Å². The maximum atomic E-state index is 12.6. The zero-order valence-corrected chi connectivity index (χ0v) is 15.1. The molecule has 5 heteroatoms. The van der Waals surface area contributed by atoms with E-state index in [2.05, 4.69) is 40.5 Å². The number of ether oxygens (including phenoxy) is 1. The molecule has 0 bridgehead atoms. The number of nitrogens with two attached hydrogens (primary N) is 1. The molecular formula is C20H31N3O2. The first-order valence-corrected chi connectivity index (χ1v) is 9.54. The second kappa shape index (κ2) is 8.79. The average molecular weight is 345 g/mol. The van der Waals surface area contributed by atoms with Gasteiger partial charge in [-0.1, -0.05) is 30.3 Å². The van der Waals surface area contributed by atoms with Crippen LogP contribution in [0, 0.1) is 11.3 Å². The first kappa shape index (κ1) is 18.4. The number of nitrogens with one attached hydrogen (secondary N) is 1. The van der Waals surface area contributed by atoms with E-state index in [0.29, 0.717) is 25.7 Å². The second-order valence-corrected chi connectivity index (χ2v) is 7.51. The second-order valence-electron chi connectivity index (χ2n) is 7.51. The number of nitrogens with zero attached hydrogens (tertiary/aromatic N) is 1. The van der Waals surface area contributed by atoms with Crippen molar-refractivity contribution in [3.8, 4) is 0 Å². The van der Waals surface area contributed by atoms with Gasteiger partial charge in [-0.25, -0.2) is 0 Å². The summed E-state index contributed by atoms with van der Waals surface area (Å²) in [6.07, 6.45) is 3.77. The van der Waals surface area contributed by atoms with Crippen LogP contribution in [0.2, 0.25) is 0 Å². The summed E-state index contributed by atoms with van der Waals surface area (Å²) in [5.74, 6) is 0.704. The summed E-state index contributed by atoms with van der Waals surface area (Å²) in [7, 11) is 0. The van der Waals surface area contributed by atoms with Crippen LogP contribution in [0.4, 0.5) is 0 Å². The average Bonchev–Trinajstić information content (AvgIpc) is 2.68. The van der Waals surface area contributed by atoms with Gasteiger partial charge in [0.25, 0.3) is 0 Å². The molecule has 0 aliphatic carbocycles. The van der Waals surface area contributed by atoms with Crippen LogP contribution in [0.5, 0.6) is 0 Å². The SMILES string of the molecule is NCC1(C(=O)NCC2CCN(Cc3ccccc3)CC2)CCOCC1. The Morgan fingerprint density at radius 2 is 1.88 bits per heavy atom. The van der Waals surface area contributed by atoms with Crippen molar-refractivity contribution in [2.75, 3.05) is 39.4 Å². The van der Waals surface area contributed by atoms with E-state index in [0.717, 1.165) is 51.9 Å². The van der Waals surface area contributed by atoms with Gasteiger partial charge in [0.1, 0.15) is 0 Å². The largest absolute Gasteiger partial charge is 0.381 e. The van der Waals surface area contributed by atoms with E-state index in [1.54, 1.807) is 0 Å². The van der Waals surface area contributed by atoms with Gasteiger partial charge in [0.2, 0.25) is 5.91 Å². The third-order valence-corrected chi connectivity index (χ3v) is 5.83. The van der Waals surface area contributed by atoms with Gasteiger partial charge in [-0.05, 0) is 50.3 Å². The summed E-state index contributed by atoms with van der Waals surface area (Å²) in [4.78, 5) is 15.1. The molecule has 25 heavy (non-hydrogen) atoms. The molecule has 138 valence electrons. The molecule has 1 aromatic carbocycles. The summed E-state index contributed by atoms with van der Waals surface area (Å²) in [5.41, 5.74) is 6.88. The number of likely N-dealkylation sites (tertiary alicyclic amines) is 1. The van der Waals surface area contributed by atoms with Crippen molar-refractivity contribution in [1.82, 2.24) is 10.2 Å². The van der Waals surface area contributed by atoms with E-state index in [1.807, 2.05) is 0 Å². The molecule has 1 aromatic rings. The van der Waals surface area contributed by atoms with E-state index in [-0.39, 0.29) is 5.91 Å². The van der Waals surface area contributed by atoms with E-state index < -0.39 is 5.41 Å². The number of carbonyl (C=O) groups is 1. The summed E-state index contributed by atoms with van der Waals surface area (Å²) >= 11 is 0. The molecule has 0 aromatic heterocycles. The molecule has 2 aliphatic heterocycles. The lowest BCUT2D eigenvalue weighted by Gasteiger charge is -2.36. The van der Waals surface area contributed by atoms with Gasteiger partial charge in [-0.2, -0.15) is 0 Å². The number of hydrogen-bond donors (Lipinski definition) is 2. The van der Waals surface area contributed by atoms with Crippen LogP contribution in [0.25, 0.3) is 0 Å². The molecule has 2 aliphatic rings. The fraction of sp³-hybridized carbons (Fsp3) is 0.650. The summed E-state index contributed by atoms with van der Waals surface area (Å²) in [5, 5.41) is 3.19. The van der Waals surface area contributed by atoms with E-state index in [1.165, 1.54) is 5.56 Å². The number of benzene rings is 1. The zero-order chi connectivity index (χ0) is 17.5. The third-order valence-electron chi connectivity index (χ3n) is 5.83. The zero-order valence-electron chi connectivity index (χ0n) is 15.1. The Morgan fingerprint density at radius 3 is 2.52 bits per heavy atom. The number of amides is 1. The molecule has 2 saturated heterocycles. The molecule has 2 fully saturated rings.